The molecule has 0 spiro atoms. The van der Waals surface area contributed by atoms with Gasteiger partial charge in [0, 0.05) is 27.1 Å². The lowest BCUT2D eigenvalue weighted by molar-refractivity contribution is -0.123. The van der Waals surface area contributed by atoms with Crippen LogP contribution < -0.4 is 10.2 Å². The maximum atomic E-state index is 11.9. The lowest BCUT2D eigenvalue weighted by Crippen LogP contribution is -2.25. The van der Waals surface area contributed by atoms with Crippen molar-refractivity contribution in [2.24, 2.45) is 5.10 Å². The first-order valence-corrected chi connectivity index (χ1v) is 8.61. The standard InChI is InChI=1S/C19H18BrN3O2/c1-12-8-15(20)9-13(2)19(12)25-11-18(24)23-22-10-14-4-3-5-17-16(14)6-7-21-17/h3-10,21H,11H2,1-2H3,(H,23,24)/b22-10+. The highest BCUT2D eigenvalue weighted by Gasteiger charge is 2.08. The number of aryl methyl sites for hydroxylation is 2. The molecule has 0 atom stereocenters. The van der Waals surface area contributed by atoms with E-state index in [1.807, 2.05) is 56.4 Å². The summed E-state index contributed by atoms with van der Waals surface area (Å²) < 4.78 is 6.62. The monoisotopic (exact) mass is 399 g/mol. The number of benzene rings is 2. The van der Waals surface area contributed by atoms with Crippen LogP contribution in [0.25, 0.3) is 10.9 Å². The quantitative estimate of drug-likeness (QED) is 0.501. The van der Waals surface area contributed by atoms with E-state index in [0.717, 1.165) is 37.8 Å². The van der Waals surface area contributed by atoms with Gasteiger partial charge in [0.1, 0.15) is 5.75 Å². The molecule has 1 amide bonds. The number of amides is 1. The van der Waals surface area contributed by atoms with Crippen LogP contribution in [-0.4, -0.2) is 23.7 Å². The molecule has 0 unspecified atom stereocenters. The van der Waals surface area contributed by atoms with Crippen molar-refractivity contribution in [2.75, 3.05) is 6.61 Å². The van der Waals surface area contributed by atoms with Gasteiger partial charge in [-0.2, -0.15) is 5.10 Å². The Morgan fingerprint density at radius 2 is 2.04 bits per heavy atom. The minimum atomic E-state index is -0.306. The van der Waals surface area contributed by atoms with Crippen molar-refractivity contribution in [1.29, 1.82) is 0 Å². The van der Waals surface area contributed by atoms with E-state index in [1.165, 1.54) is 0 Å². The number of nitrogens with zero attached hydrogens (tertiary/aromatic N) is 1. The number of nitrogens with one attached hydrogen (secondary N) is 2. The Hall–Kier alpha value is -2.60. The van der Waals surface area contributed by atoms with Gasteiger partial charge in [0.15, 0.2) is 6.61 Å². The van der Waals surface area contributed by atoms with Crippen LogP contribution in [0, 0.1) is 13.8 Å². The second-order valence-corrected chi connectivity index (χ2v) is 6.65. The zero-order valence-electron chi connectivity index (χ0n) is 14.0. The predicted molar refractivity (Wildman–Crippen MR) is 103 cm³/mol. The Labute approximate surface area is 154 Å². The molecule has 1 aromatic heterocycles. The highest BCUT2D eigenvalue weighted by molar-refractivity contribution is 9.10. The minimum absolute atomic E-state index is 0.0883. The molecule has 1 heterocycles. The largest absolute Gasteiger partial charge is 0.483 e. The van der Waals surface area contributed by atoms with Gasteiger partial charge in [0.25, 0.3) is 5.91 Å². The third kappa shape index (κ3) is 4.09. The molecule has 128 valence electrons. The fourth-order valence-corrected chi connectivity index (χ4v) is 3.38. The summed E-state index contributed by atoms with van der Waals surface area (Å²) in [5, 5.41) is 5.07. The van der Waals surface area contributed by atoms with Crippen molar-refractivity contribution in [1.82, 2.24) is 10.4 Å². The number of hydrazone groups is 1. The van der Waals surface area contributed by atoms with Gasteiger partial charge in [-0.1, -0.05) is 28.1 Å². The lowest BCUT2D eigenvalue weighted by Gasteiger charge is -2.11. The molecule has 5 nitrogen and oxygen atoms in total. The molecular weight excluding hydrogens is 382 g/mol. The number of aromatic amines is 1. The van der Waals surface area contributed by atoms with Crippen LogP contribution in [0.4, 0.5) is 0 Å². The number of carbonyl (C=O) groups is 1. The van der Waals surface area contributed by atoms with Crippen LogP contribution in [0.15, 0.2) is 52.2 Å². The van der Waals surface area contributed by atoms with Gasteiger partial charge in [-0.15, -0.1) is 0 Å². The molecule has 6 heteroatoms. The first kappa shape index (κ1) is 17.2. The van der Waals surface area contributed by atoms with Gasteiger partial charge in [0.2, 0.25) is 0 Å². The first-order valence-electron chi connectivity index (χ1n) is 7.82. The summed E-state index contributed by atoms with van der Waals surface area (Å²) in [5.74, 6) is 0.415. The second kappa shape index (κ2) is 7.53. The number of hydrogen-bond donors (Lipinski definition) is 2. The summed E-state index contributed by atoms with van der Waals surface area (Å²) in [6, 6.07) is 11.7. The van der Waals surface area contributed by atoms with E-state index in [2.05, 4.69) is 31.4 Å². The number of ether oxygens (including phenoxy) is 1. The molecule has 25 heavy (non-hydrogen) atoms. The van der Waals surface area contributed by atoms with E-state index < -0.39 is 0 Å². The molecular formula is C19H18BrN3O2. The van der Waals surface area contributed by atoms with Gasteiger partial charge in [0.05, 0.1) is 6.21 Å². The number of hydrogen-bond acceptors (Lipinski definition) is 3. The summed E-state index contributed by atoms with van der Waals surface area (Å²) in [4.78, 5) is 15.1. The average Bonchev–Trinajstić information content (AvgIpc) is 3.03. The van der Waals surface area contributed by atoms with Gasteiger partial charge in [-0.05, 0) is 49.2 Å². The summed E-state index contributed by atoms with van der Waals surface area (Å²) in [7, 11) is 0. The van der Waals surface area contributed by atoms with E-state index >= 15 is 0 Å². The van der Waals surface area contributed by atoms with Crippen molar-refractivity contribution in [3.05, 3.63) is 63.8 Å². The Bertz CT molecular complexity index is 924. The highest BCUT2D eigenvalue weighted by atomic mass is 79.9. The molecule has 0 aliphatic heterocycles. The fourth-order valence-electron chi connectivity index (χ4n) is 2.69. The Kier molecular flexibility index (Phi) is 5.19. The van der Waals surface area contributed by atoms with Gasteiger partial charge < -0.3 is 9.72 Å². The van der Waals surface area contributed by atoms with Gasteiger partial charge in [-0.25, -0.2) is 5.43 Å². The van der Waals surface area contributed by atoms with E-state index in [-0.39, 0.29) is 12.5 Å². The third-order valence-corrected chi connectivity index (χ3v) is 4.25. The van der Waals surface area contributed by atoms with Gasteiger partial charge >= 0.3 is 0 Å². The van der Waals surface area contributed by atoms with E-state index in [9.17, 15) is 4.79 Å². The molecule has 0 aliphatic carbocycles. The zero-order chi connectivity index (χ0) is 17.8. The van der Waals surface area contributed by atoms with Gasteiger partial charge in [-0.3, -0.25) is 4.79 Å². The molecule has 0 fully saturated rings. The number of fused-ring (bicyclic) bond motifs is 1. The van der Waals surface area contributed by atoms with Crippen LogP contribution in [-0.2, 0) is 4.79 Å². The predicted octanol–water partition coefficient (Wildman–Crippen LogP) is 4.08. The Morgan fingerprint density at radius 3 is 2.80 bits per heavy atom. The van der Waals surface area contributed by atoms with Crippen molar-refractivity contribution in [3.63, 3.8) is 0 Å². The van der Waals surface area contributed by atoms with Crippen molar-refractivity contribution in [2.45, 2.75) is 13.8 Å². The zero-order valence-corrected chi connectivity index (χ0v) is 15.6. The molecule has 3 aromatic rings. The molecule has 0 saturated heterocycles. The molecule has 0 radical (unpaired) electrons. The van der Waals surface area contributed by atoms with Crippen LogP contribution in [0.1, 0.15) is 16.7 Å². The summed E-state index contributed by atoms with van der Waals surface area (Å²) in [5.41, 5.74) is 6.40. The van der Waals surface area contributed by atoms with Crippen molar-refractivity contribution >= 4 is 39.0 Å². The third-order valence-electron chi connectivity index (χ3n) is 3.79. The highest BCUT2D eigenvalue weighted by Crippen LogP contribution is 2.27. The number of rotatable bonds is 5. The van der Waals surface area contributed by atoms with E-state index in [1.54, 1.807) is 6.21 Å². The molecule has 2 N–H and O–H groups in total. The van der Waals surface area contributed by atoms with E-state index in [4.69, 9.17) is 4.74 Å². The van der Waals surface area contributed by atoms with Crippen LogP contribution in [0.2, 0.25) is 0 Å². The van der Waals surface area contributed by atoms with E-state index in [0.29, 0.717) is 0 Å². The molecule has 2 aromatic carbocycles. The van der Waals surface area contributed by atoms with Crippen LogP contribution in [0.3, 0.4) is 0 Å². The summed E-state index contributed by atoms with van der Waals surface area (Å²) in [6.45, 7) is 3.80. The lowest BCUT2D eigenvalue weighted by atomic mass is 10.1. The normalized spacial score (nSPS) is 11.2. The Balaban J connectivity index is 1.59. The van der Waals surface area contributed by atoms with Crippen LogP contribution in [0.5, 0.6) is 5.75 Å². The maximum absolute atomic E-state index is 11.9. The Morgan fingerprint density at radius 1 is 1.28 bits per heavy atom. The smallest absolute Gasteiger partial charge is 0.277 e. The first-order chi connectivity index (χ1) is 12.0. The fraction of sp³-hybridized carbons (Fsp3) is 0.158. The minimum Gasteiger partial charge on any atom is -0.483 e. The SMILES string of the molecule is Cc1cc(Br)cc(C)c1OCC(=O)N/N=C/c1cccc2[nH]ccc12. The molecule has 0 bridgehead atoms. The van der Waals surface area contributed by atoms with Crippen molar-refractivity contribution < 1.29 is 9.53 Å². The topological polar surface area (TPSA) is 66.5 Å². The average molecular weight is 400 g/mol. The number of carbonyl (C=O) groups excluding carboxylic acids is 1. The number of halogens is 1. The summed E-state index contributed by atoms with van der Waals surface area (Å²) in [6.07, 6.45) is 3.50. The number of aromatic nitrogens is 1. The molecule has 0 saturated carbocycles. The summed E-state index contributed by atoms with van der Waals surface area (Å²) >= 11 is 3.44. The van der Waals surface area contributed by atoms with Crippen molar-refractivity contribution in [3.8, 4) is 5.75 Å². The molecule has 0 aliphatic rings. The molecule has 3 rings (SSSR count). The second-order valence-electron chi connectivity index (χ2n) is 5.74. The maximum Gasteiger partial charge on any atom is 0.277 e. The van der Waals surface area contributed by atoms with Crippen LogP contribution >= 0.6 is 15.9 Å². The number of H-pyrrole nitrogens is 1.